The van der Waals surface area contributed by atoms with Gasteiger partial charge in [-0.1, -0.05) is 6.42 Å². The molecule has 0 aromatic heterocycles. The first kappa shape index (κ1) is 23.8. The van der Waals surface area contributed by atoms with Crippen molar-refractivity contribution in [3.05, 3.63) is 29.3 Å². The Bertz CT molecular complexity index is 1070. The number of imide groups is 1. The van der Waals surface area contributed by atoms with E-state index in [1.54, 1.807) is 6.07 Å². The minimum Gasteiger partial charge on any atom is -0.489 e. The van der Waals surface area contributed by atoms with Crippen molar-refractivity contribution in [2.75, 3.05) is 13.1 Å². The number of carbonyl (C=O) groups is 3. The second-order valence-electron chi connectivity index (χ2n) is 10.8. The molecule has 8 nitrogen and oxygen atoms in total. The fourth-order valence-electron chi connectivity index (χ4n) is 6.23. The summed E-state index contributed by atoms with van der Waals surface area (Å²) >= 11 is 0. The average Bonchev–Trinajstić information content (AvgIpc) is 3.11. The van der Waals surface area contributed by atoms with Crippen LogP contribution in [-0.4, -0.2) is 76.9 Å². The number of halogens is 2. The molecule has 2 aliphatic carbocycles. The maximum atomic E-state index is 13.1. The first-order valence-corrected chi connectivity index (χ1v) is 13.0. The molecule has 2 saturated carbocycles. The third-order valence-corrected chi connectivity index (χ3v) is 8.23. The molecule has 5 aliphatic rings. The summed E-state index contributed by atoms with van der Waals surface area (Å²) in [6.07, 6.45) is 4.09. The normalized spacial score (nSPS) is 31.0. The van der Waals surface area contributed by atoms with Gasteiger partial charge in [0.1, 0.15) is 17.9 Å². The van der Waals surface area contributed by atoms with Crippen LogP contribution in [0.5, 0.6) is 5.75 Å². The number of nitrogens with one attached hydrogen (secondary N) is 1. The number of hydrogen-bond donors (Lipinski definition) is 1. The fourth-order valence-corrected chi connectivity index (χ4v) is 6.23. The molecule has 0 radical (unpaired) electrons. The average molecular weight is 504 g/mol. The van der Waals surface area contributed by atoms with Crippen LogP contribution < -0.4 is 10.1 Å². The third kappa shape index (κ3) is 4.49. The summed E-state index contributed by atoms with van der Waals surface area (Å²) in [7, 11) is 0. The van der Waals surface area contributed by atoms with Crippen LogP contribution >= 0.6 is 0 Å². The van der Waals surface area contributed by atoms with Crippen LogP contribution in [0.3, 0.4) is 0 Å². The number of alkyl halides is 2. The Hall–Kier alpha value is -2.59. The summed E-state index contributed by atoms with van der Waals surface area (Å²) in [5.41, 5.74) is 1.39. The predicted octanol–water partition coefficient (Wildman–Crippen LogP) is 2.64. The Kier molecular flexibility index (Phi) is 5.99. The molecule has 2 saturated heterocycles. The zero-order valence-corrected chi connectivity index (χ0v) is 20.1. The monoisotopic (exact) mass is 503 g/mol. The van der Waals surface area contributed by atoms with Crippen LogP contribution in [0.15, 0.2) is 18.2 Å². The van der Waals surface area contributed by atoms with Gasteiger partial charge in [0, 0.05) is 50.5 Å². The SMILES string of the molecule is O=C1CCC(N2Cc3cc(O[C@H]4CCCC[C@@H]4N4CC(OC5CC(F)(F)C5)C4)ccc3C2=O)C(=O)N1. The van der Waals surface area contributed by atoms with Crippen molar-refractivity contribution in [1.82, 2.24) is 15.1 Å². The predicted molar refractivity (Wildman–Crippen MR) is 124 cm³/mol. The minimum absolute atomic E-state index is 0.00845. The maximum Gasteiger partial charge on any atom is 0.255 e. The van der Waals surface area contributed by atoms with E-state index in [9.17, 15) is 23.2 Å². The molecule has 1 aromatic carbocycles. The molecular formula is C26H31F2N3O5. The van der Waals surface area contributed by atoms with Gasteiger partial charge >= 0.3 is 0 Å². The van der Waals surface area contributed by atoms with Gasteiger partial charge in [0.15, 0.2) is 0 Å². The lowest BCUT2D eigenvalue weighted by Gasteiger charge is -2.50. The molecule has 1 aromatic rings. The van der Waals surface area contributed by atoms with E-state index in [1.807, 2.05) is 12.1 Å². The van der Waals surface area contributed by atoms with E-state index >= 15 is 0 Å². The Labute approximate surface area is 208 Å². The zero-order valence-electron chi connectivity index (χ0n) is 20.1. The van der Waals surface area contributed by atoms with Crippen LogP contribution in [-0.2, 0) is 20.9 Å². The van der Waals surface area contributed by atoms with Crippen molar-refractivity contribution < 1.29 is 32.6 Å². The van der Waals surface area contributed by atoms with Gasteiger partial charge in [-0.3, -0.25) is 24.6 Å². The molecule has 0 spiro atoms. The number of benzene rings is 1. The molecule has 3 heterocycles. The summed E-state index contributed by atoms with van der Waals surface area (Å²) < 4.78 is 38.4. The molecule has 1 N–H and O–H groups in total. The number of piperidine rings is 1. The summed E-state index contributed by atoms with van der Waals surface area (Å²) in [5, 5.41) is 2.33. The van der Waals surface area contributed by atoms with E-state index in [-0.39, 0.29) is 55.4 Å². The lowest BCUT2D eigenvalue weighted by Crippen LogP contribution is -2.62. The van der Waals surface area contributed by atoms with Crippen LogP contribution in [0.1, 0.15) is 67.3 Å². The quantitative estimate of drug-likeness (QED) is 0.601. The van der Waals surface area contributed by atoms with Crippen LogP contribution in [0.25, 0.3) is 0 Å². The van der Waals surface area contributed by atoms with Crippen molar-refractivity contribution in [3.8, 4) is 5.75 Å². The van der Waals surface area contributed by atoms with Crippen molar-refractivity contribution in [1.29, 1.82) is 0 Å². The van der Waals surface area contributed by atoms with Crippen molar-refractivity contribution >= 4 is 17.7 Å². The van der Waals surface area contributed by atoms with Gasteiger partial charge < -0.3 is 14.4 Å². The second-order valence-corrected chi connectivity index (χ2v) is 10.8. The van der Waals surface area contributed by atoms with Gasteiger partial charge in [-0.05, 0) is 49.4 Å². The highest BCUT2D eigenvalue weighted by molar-refractivity contribution is 6.05. The molecule has 36 heavy (non-hydrogen) atoms. The molecule has 3 atom stereocenters. The first-order chi connectivity index (χ1) is 17.3. The highest BCUT2D eigenvalue weighted by Crippen LogP contribution is 2.41. The first-order valence-electron chi connectivity index (χ1n) is 13.0. The lowest BCUT2D eigenvalue weighted by molar-refractivity contribution is -0.207. The van der Waals surface area contributed by atoms with Crippen LogP contribution in [0.2, 0.25) is 0 Å². The summed E-state index contributed by atoms with van der Waals surface area (Å²) in [4.78, 5) is 40.6. The van der Waals surface area contributed by atoms with Gasteiger partial charge in [-0.25, -0.2) is 8.78 Å². The van der Waals surface area contributed by atoms with Crippen molar-refractivity contribution in [2.24, 2.45) is 0 Å². The number of nitrogens with zero attached hydrogens (tertiary/aromatic N) is 2. The van der Waals surface area contributed by atoms with E-state index in [2.05, 4.69) is 10.2 Å². The van der Waals surface area contributed by atoms with E-state index < -0.39 is 17.9 Å². The maximum absolute atomic E-state index is 13.1. The largest absolute Gasteiger partial charge is 0.489 e. The zero-order chi connectivity index (χ0) is 25.0. The summed E-state index contributed by atoms with van der Waals surface area (Å²) in [6, 6.07) is 5.08. The number of hydrogen-bond acceptors (Lipinski definition) is 6. The third-order valence-electron chi connectivity index (χ3n) is 8.23. The molecule has 3 amide bonds. The standard InChI is InChI=1S/C26H31F2N3O5/c27-26(28)10-17(11-26)35-18-13-30(14-18)20-3-1-2-4-22(20)36-16-5-6-19-15(9-16)12-31(25(19)34)21-7-8-23(32)29-24(21)33/h5-6,9,17-18,20-22H,1-4,7-8,10-14H2,(H,29,32,33)/t20-,21?,22-/m0/s1. The molecule has 10 heteroatoms. The number of likely N-dealkylation sites (tertiary alicyclic amines) is 1. The summed E-state index contributed by atoms with van der Waals surface area (Å²) in [6.45, 7) is 1.80. The van der Waals surface area contributed by atoms with Crippen LogP contribution in [0.4, 0.5) is 8.78 Å². The molecule has 3 aliphatic heterocycles. The van der Waals surface area contributed by atoms with Gasteiger partial charge in [0.25, 0.3) is 11.8 Å². The number of carbonyl (C=O) groups excluding carboxylic acids is 3. The Morgan fingerprint density at radius 3 is 2.53 bits per heavy atom. The lowest BCUT2D eigenvalue weighted by atomic mass is 9.88. The number of amides is 3. The summed E-state index contributed by atoms with van der Waals surface area (Å²) in [5.74, 6) is -2.78. The molecule has 1 unspecified atom stereocenters. The van der Waals surface area contributed by atoms with Crippen molar-refractivity contribution in [3.63, 3.8) is 0 Å². The molecule has 194 valence electrons. The fraction of sp³-hybridized carbons (Fsp3) is 0.654. The van der Waals surface area contributed by atoms with Gasteiger partial charge in [-0.2, -0.15) is 0 Å². The highest BCUT2D eigenvalue weighted by Gasteiger charge is 2.49. The number of ether oxygens (including phenoxy) is 2. The second kappa shape index (κ2) is 9.06. The van der Waals surface area contributed by atoms with Gasteiger partial charge in [0.05, 0.1) is 12.2 Å². The topological polar surface area (TPSA) is 88.2 Å². The van der Waals surface area contributed by atoms with E-state index in [1.165, 1.54) is 4.90 Å². The van der Waals surface area contributed by atoms with Crippen molar-refractivity contribution in [2.45, 2.75) is 94.2 Å². The molecular weight excluding hydrogens is 472 g/mol. The number of fused-ring (bicyclic) bond motifs is 1. The smallest absolute Gasteiger partial charge is 0.255 e. The van der Waals surface area contributed by atoms with Gasteiger partial charge in [-0.15, -0.1) is 0 Å². The van der Waals surface area contributed by atoms with E-state index in [0.29, 0.717) is 24.3 Å². The minimum atomic E-state index is -2.56. The van der Waals surface area contributed by atoms with Gasteiger partial charge in [0.2, 0.25) is 11.8 Å². The Morgan fingerprint density at radius 1 is 1.00 bits per heavy atom. The molecule has 0 bridgehead atoms. The van der Waals surface area contributed by atoms with E-state index in [4.69, 9.17) is 9.47 Å². The van der Waals surface area contributed by atoms with Crippen LogP contribution in [0, 0.1) is 0 Å². The van der Waals surface area contributed by atoms with E-state index in [0.717, 1.165) is 44.3 Å². The molecule has 4 fully saturated rings. The Balaban J connectivity index is 1.07. The highest BCUT2D eigenvalue weighted by atomic mass is 19.3. The molecule has 6 rings (SSSR count). The Morgan fingerprint density at radius 2 is 1.78 bits per heavy atom. The number of rotatable bonds is 6.